The maximum Gasteiger partial charge on any atom is 0.306 e. The number of carbonyl (C=O) groups excluding carboxylic acids is 1. The van der Waals surface area contributed by atoms with Gasteiger partial charge in [0, 0.05) is 24.4 Å². The van der Waals surface area contributed by atoms with Gasteiger partial charge in [-0.1, -0.05) is 62.3 Å². The Kier molecular flexibility index (Phi) is 14.6. The van der Waals surface area contributed by atoms with Crippen LogP contribution in [0.2, 0.25) is 0 Å². The first-order valence-corrected chi connectivity index (χ1v) is 10.3. The Morgan fingerprint density at radius 1 is 0.963 bits per heavy atom. The third-order valence-corrected chi connectivity index (χ3v) is 4.15. The zero-order chi connectivity index (χ0) is 19.4. The molecule has 0 saturated heterocycles. The smallest absolute Gasteiger partial charge is 0.306 e. The molecule has 1 rings (SSSR count). The number of unbranched alkanes of at least 4 members (excludes halogenated alkanes) is 6. The van der Waals surface area contributed by atoms with E-state index < -0.39 is 0 Å². The molecule has 0 N–H and O–H groups in total. The normalized spacial score (nSPS) is 11.7. The lowest BCUT2D eigenvalue weighted by atomic mass is 10.1. The van der Waals surface area contributed by atoms with Crippen molar-refractivity contribution in [2.24, 2.45) is 0 Å². The Morgan fingerprint density at radius 2 is 1.67 bits per heavy atom. The number of nitrogens with zero attached hydrogens (tertiary/aromatic N) is 1. The number of hydrogen-bond donors (Lipinski definition) is 0. The average molecular weight is 370 g/mol. The molecule has 0 aliphatic heterocycles. The van der Waals surface area contributed by atoms with E-state index in [1.54, 1.807) is 12.4 Å². The van der Waals surface area contributed by atoms with Crippen LogP contribution >= 0.6 is 0 Å². The van der Waals surface area contributed by atoms with Crippen LogP contribution in [0.15, 0.2) is 61.0 Å². The predicted molar refractivity (Wildman–Crippen MR) is 113 cm³/mol. The van der Waals surface area contributed by atoms with E-state index in [2.05, 4.69) is 48.4 Å². The van der Waals surface area contributed by atoms with Crippen molar-refractivity contribution >= 4 is 5.97 Å². The first kappa shape index (κ1) is 22.9. The van der Waals surface area contributed by atoms with Crippen LogP contribution in [-0.4, -0.2) is 11.0 Å². The summed E-state index contributed by atoms with van der Waals surface area (Å²) in [7, 11) is 0. The molecule has 1 aromatic heterocycles. The lowest BCUT2D eigenvalue weighted by Gasteiger charge is -2.04. The number of allylic oxidation sites excluding steroid dienone is 6. The third-order valence-electron chi connectivity index (χ3n) is 4.15. The molecule has 3 nitrogen and oxygen atoms in total. The SMILES string of the molecule is CCCCC/C=C\C=C\CC/C=C\CCCCC(=O)OCc1cccnc1. The van der Waals surface area contributed by atoms with Crippen LogP contribution < -0.4 is 0 Å². The zero-order valence-corrected chi connectivity index (χ0v) is 16.8. The Bertz CT molecular complexity index is 561. The lowest BCUT2D eigenvalue weighted by Crippen LogP contribution is -2.04. The summed E-state index contributed by atoms with van der Waals surface area (Å²) in [5.41, 5.74) is 0.926. The molecule has 0 fully saturated rings. The van der Waals surface area contributed by atoms with Gasteiger partial charge in [-0.2, -0.15) is 0 Å². The van der Waals surface area contributed by atoms with Crippen molar-refractivity contribution in [1.29, 1.82) is 0 Å². The van der Waals surface area contributed by atoms with Gasteiger partial charge in [0.2, 0.25) is 0 Å². The number of ether oxygens (including phenoxy) is 1. The van der Waals surface area contributed by atoms with Gasteiger partial charge in [-0.25, -0.2) is 0 Å². The van der Waals surface area contributed by atoms with Crippen LogP contribution in [0.4, 0.5) is 0 Å². The van der Waals surface area contributed by atoms with E-state index in [1.165, 1.54) is 25.7 Å². The average Bonchev–Trinajstić information content (AvgIpc) is 2.70. The summed E-state index contributed by atoms with van der Waals surface area (Å²) in [6.45, 7) is 2.55. The molecule has 0 spiro atoms. The first-order valence-electron chi connectivity index (χ1n) is 10.3. The molecule has 0 radical (unpaired) electrons. The maximum absolute atomic E-state index is 11.7. The molecule has 0 amide bonds. The second-order valence-corrected chi connectivity index (χ2v) is 6.67. The monoisotopic (exact) mass is 369 g/mol. The van der Waals surface area contributed by atoms with E-state index in [1.807, 2.05) is 12.1 Å². The van der Waals surface area contributed by atoms with Gasteiger partial charge in [-0.05, 0) is 51.0 Å². The summed E-state index contributed by atoms with van der Waals surface area (Å²) in [6, 6.07) is 3.75. The van der Waals surface area contributed by atoms with E-state index in [-0.39, 0.29) is 5.97 Å². The Hall–Kier alpha value is -2.16. The summed E-state index contributed by atoms with van der Waals surface area (Å²) < 4.78 is 5.24. The lowest BCUT2D eigenvalue weighted by molar-refractivity contribution is -0.145. The molecule has 0 aliphatic carbocycles. The second kappa shape index (κ2) is 17.3. The summed E-state index contributed by atoms with van der Waals surface area (Å²) in [5, 5.41) is 0. The van der Waals surface area contributed by atoms with Crippen molar-refractivity contribution in [2.75, 3.05) is 0 Å². The molecule has 3 heteroatoms. The van der Waals surface area contributed by atoms with Crippen molar-refractivity contribution in [3.63, 3.8) is 0 Å². The van der Waals surface area contributed by atoms with Gasteiger partial charge >= 0.3 is 5.97 Å². The topological polar surface area (TPSA) is 39.2 Å². The van der Waals surface area contributed by atoms with Gasteiger partial charge in [0.15, 0.2) is 0 Å². The summed E-state index contributed by atoms with van der Waals surface area (Å²) in [5.74, 6) is -0.129. The molecule has 1 aromatic rings. The minimum Gasteiger partial charge on any atom is -0.461 e. The Balaban J connectivity index is 1.91. The van der Waals surface area contributed by atoms with Crippen molar-refractivity contribution in [1.82, 2.24) is 4.98 Å². The van der Waals surface area contributed by atoms with Crippen LogP contribution in [0.3, 0.4) is 0 Å². The molecule has 0 saturated carbocycles. The van der Waals surface area contributed by atoms with E-state index >= 15 is 0 Å². The fourth-order valence-corrected chi connectivity index (χ4v) is 2.54. The largest absolute Gasteiger partial charge is 0.461 e. The third kappa shape index (κ3) is 14.7. The number of pyridine rings is 1. The number of carbonyl (C=O) groups is 1. The first-order chi connectivity index (χ1) is 13.3. The van der Waals surface area contributed by atoms with E-state index in [0.717, 1.165) is 37.7 Å². The quantitative estimate of drug-likeness (QED) is 0.149. The van der Waals surface area contributed by atoms with Gasteiger partial charge in [-0.3, -0.25) is 9.78 Å². The number of aromatic nitrogens is 1. The van der Waals surface area contributed by atoms with E-state index in [0.29, 0.717) is 13.0 Å². The van der Waals surface area contributed by atoms with Crippen LogP contribution in [-0.2, 0) is 16.1 Å². The summed E-state index contributed by atoms with van der Waals surface area (Å²) in [6.07, 6.45) is 27.3. The van der Waals surface area contributed by atoms with Crippen LogP contribution in [0, 0.1) is 0 Å². The molecule has 0 aromatic carbocycles. The number of rotatable bonds is 15. The molecule has 27 heavy (non-hydrogen) atoms. The molecule has 0 atom stereocenters. The molecule has 0 unspecified atom stereocenters. The molecule has 148 valence electrons. The zero-order valence-electron chi connectivity index (χ0n) is 16.8. The minimum absolute atomic E-state index is 0.129. The fraction of sp³-hybridized carbons (Fsp3) is 0.500. The van der Waals surface area contributed by atoms with Crippen molar-refractivity contribution in [3.8, 4) is 0 Å². The number of esters is 1. The Labute approximate surface area is 165 Å². The van der Waals surface area contributed by atoms with Crippen molar-refractivity contribution in [2.45, 2.75) is 77.7 Å². The van der Waals surface area contributed by atoms with Crippen molar-refractivity contribution in [3.05, 3.63) is 66.5 Å². The molecular formula is C24H35NO2. The second-order valence-electron chi connectivity index (χ2n) is 6.67. The minimum atomic E-state index is -0.129. The number of hydrogen-bond acceptors (Lipinski definition) is 3. The summed E-state index contributed by atoms with van der Waals surface area (Å²) >= 11 is 0. The fourth-order valence-electron chi connectivity index (χ4n) is 2.54. The standard InChI is InChI=1S/C24H35NO2/c1-2-3-4-5-6-7-8-9-10-11-12-13-14-15-16-19-24(26)27-22-23-18-17-20-25-21-23/h6-9,12-13,17-18,20-21H,2-5,10-11,14-16,19,22H2,1H3/b7-6-,9-8+,13-12-. The van der Waals surface area contributed by atoms with Gasteiger partial charge in [0.05, 0.1) is 0 Å². The van der Waals surface area contributed by atoms with E-state index in [9.17, 15) is 4.79 Å². The van der Waals surface area contributed by atoms with Gasteiger partial charge in [-0.15, -0.1) is 0 Å². The highest BCUT2D eigenvalue weighted by molar-refractivity contribution is 5.69. The highest BCUT2D eigenvalue weighted by Crippen LogP contribution is 2.06. The maximum atomic E-state index is 11.7. The highest BCUT2D eigenvalue weighted by atomic mass is 16.5. The van der Waals surface area contributed by atoms with Gasteiger partial charge in [0.1, 0.15) is 6.61 Å². The van der Waals surface area contributed by atoms with Crippen LogP contribution in [0.5, 0.6) is 0 Å². The highest BCUT2D eigenvalue weighted by Gasteiger charge is 2.02. The van der Waals surface area contributed by atoms with Gasteiger partial charge < -0.3 is 4.74 Å². The van der Waals surface area contributed by atoms with E-state index in [4.69, 9.17) is 4.74 Å². The Morgan fingerprint density at radius 3 is 2.44 bits per heavy atom. The molecule has 0 aliphatic rings. The van der Waals surface area contributed by atoms with Gasteiger partial charge in [0.25, 0.3) is 0 Å². The van der Waals surface area contributed by atoms with Crippen LogP contribution in [0.1, 0.15) is 76.7 Å². The van der Waals surface area contributed by atoms with Crippen molar-refractivity contribution < 1.29 is 9.53 Å². The summed E-state index contributed by atoms with van der Waals surface area (Å²) in [4.78, 5) is 15.7. The molecule has 1 heterocycles. The molecule has 0 bridgehead atoms. The molecular weight excluding hydrogens is 334 g/mol. The predicted octanol–water partition coefficient (Wildman–Crippen LogP) is 6.71. The van der Waals surface area contributed by atoms with Crippen LogP contribution in [0.25, 0.3) is 0 Å².